The molecule has 0 radical (unpaired) electrons. The second kappa shape index (κ2) is 2.23. The summed E-state index contributed by atoms with van der Waals surface area (Å²) in [5.74, 6) is 0.575. The molecule has 4 nitrogen and oxygen atoms in total. The van der Waals surface area contributed by atoms with E-state index in [9.17, 15) is 4.79 Å². The van der Waals surface area contributed by atoms with E-state index in [2.05, 4.69) is 0 Å². The van der Waals surface area contributed by atoms with E-state index in [1.807, 2.05) is 11.1 Å². The number of nitrogens with zero attached hydrogens (tertiary/aromatic N) is 2. The van der Waals surface area contributed by atoms with Crippen molar-refractivity contribution >= 4 is 6.09 Å². The molecule has 0 saturated carbocycles. The first-order valence-corrected chi connectivity index (χ1v) is 3.73. The van der Waals surface area contributed by atoms with E-state index in [4.69, 9.17) is 5.11 Å². The molecule has 0 aliphatic carbocycles. The van der Waals surface area contributed by atoms with Gasteiger partial charge in [-0.1, -0.05) is 6.08 Å². The molecule has 1 N–H and O–H groups in total. The summed E-state index contributed by atoms with van der Waals surface area (Å²) in [7, 11) is 0. The van der Waals surface area contributed by atoms with Crippen molar-refractivity contribution in [2.75, 3.05) is 13.1 Å². The van der Waals surface area contributed by atoms with Crippen LogP contribution in [0.5, 0.6) is 0 Å². The van der Waals surface area contributed by atoms with Gasteiger partial charge in [0, 0.05) is 19.3 Å². The predicted molar refractivity (Wildman–Crippen MR) is 38.7 cm³/mol. The summed E-state index contributed by atoms with van der Waals surface area (Å²) in [5.41, 5.74) is 0. The number of amides is 1. The highest BCUT2D eigenvalue weighted by molar-refractivity contribution is 5.65. The average Bonchev–Trinajstić information content (AvgIpc) is 2.32. The van der Waals surface area contributed by atoms with Crippen LogP contribution in [0.3, 0.4) is 0 Å². The van der Waals surface area contributed by atoms with Gasteiger partial charge in [0.1, 0.15) is 0 Å². The third-order valence-electron chi connectivity index (χ3n) is 2.20. The maximum absolute atomic E-state index is 10.6. The van der Waals surface area contributed by atoms with Gasteiger partial charge in [-0.05, 0) is 12.3 Å². The largest absolute Gasteiger partial charge is 0.464 e. The van der Waals surface area contributed by atoms with Crippen LogP contribution in [0.1, 0.15) is 6.42 Å². The van der Waals surface area contributed by atoms with Gasteiger partial charge in [-0.25, -0.2) is 14.8 Å². The minimum Gasteiger partial charge on any atom is -0.464 e. The normalized spacial score (nSPS) is 34.4. The van der Waals surface area contributed by atoms with Crippen LogP contribution in [0.25, 0.3) is 0 Å². The topological polar surface area (TPSA) is 43.8 Å². The van der Waals surface area contributed by atoms with E-state index in [0.29, 0.717) is 5.92 Å². The maximum atomic E-state index is 10.6. The molecule has 1 fully saturated rings. The van der Waals surface area contributed by atoms with Gasteiger partial charge in [0.15, 0.2) is 0 Å². The average molecular weight is 154 g/mol. The highest BCUT2D eigenvalue weighted by Crippen LogP contribution is 2.24. The Balaban J connectivity index is 2.18. The van der Waals surface area contributed by atoms with E-state index >= 15 is 0 Å². The molecule has 2 aliphatic rings. The highest BCUT2D eigenvalue weighted by Gasteiger charge is 2.30. The Labute approximate surface area is 64.7 Å². The van der Waals surface area contributed by atoms with Crippen LogP contribution in [0.4, 0.5) is 4.79 Å². The van der Waals surface area contributed by atoms with Crippen LogP contribution in [0.15, 0.2) is 12.3 Å². The Morgan fingerprint density at radius 3 is 3.18 bits per heavy atom. The van der Waals surface area contributed by atoms with Crippen LogP contribution in [-0.4, -0.2) is 34.3 Å². The summed E-state index contributed by atoms with van der Waals surface area (Å²) in [6, 6.07) is 0. The summed E-state index contributed by atoms with van der Waals surface area (Å²) in [4.78, 5) is 10.6. The summed E-state index contributed by atoms with van der Waals surface area (Å²) >= 11 is 0. The molecule has 2 atom stereocenters. The Bertz CT molecular complexity index is 214. The number of hydrogen-bond acceptors (Lipinski definition) is 2. The van der Waals surface area contributed by atoms with Gasteiger partial charge in [0.05, 0.1) is 0 Å². The summed E-state index contributed by atoms with van der Waals surface area (Å²) in [6.45, 7) is 1.73. The van der Waals surface area contributed by atoms with Crippen molar-refractivity contribution in [2.24, 2.45) is 5.92 Å². The Hall–Kier alpha value is -1.03. The van der Waals surface area contributed by atoms with E-state index in [0.717, 1.165) is 19.5 Å². The molecule has 0 aromatic carbocycles. The predicted octanol–water partition coefficient (Wildman–Crippen LogP) is 0.731. The second-order valence-corrected chi connectivity index (χ2v) is 2.93. The van der Waals surface area contributed by atoms with E-state index in [1.165, 1.54) is 5.01 Å². The first kappa shape index (κ1) is 6.67. The zero-order valence-electron chi connectivity index (χ0n) is 6.10. The smallest absolute Gasteiger partial charge is 0.426 e. The van der Waals surface area contributed by atoms with Crippen LogP contribution in [0.2, 0.25) is 0 Å². The number of fused-ring (bicyclic) bond motifs is 2. The van der Waals surface area contributed by atoms with Crippen molar-refractivity contribution in [3.05, 3.63) is 12.3 Å². The van der Waals surface area contributed by atoms with Crippen LogP contribution in [-0.2, 0) is 0 Å². The Kier molecular flexibility index (Phi) is 1.35. The standard InChI is InChI=1S/C7H10N2O2/c10-7(11)9-4-2-6-1-3-8(9)5-6/h2,4,6H,1,3,5H2,(H,10,11). The van der Waals surface area contributed by atoms with Crippen molar-refractivity contribution in [1.29, 1.82) is 0 Å². The molecule has 2 aliphatic heterocycles. The third-order valence-corrected chi connectivity index (χ3v) is 2.20. The Morgan fingerprint density at radius 2 is 2.45 bits per heavy atom. The first-order chi connectivity index (χ1) is 5.27. The molecule has 2 bridgehead atoms. The van der Waals surface area contributed by atoms with Gasteiger partial charge in [0.2, 0.25) is 0 Å². The quantitative estimate of drug-likeness (QED) is 0.559. The van der Waals surface area contributed by atoms with E-state index in [1.54, 1.807) is 6.20 Å². The van der Waals surface area contributed by atoms with Gasteiger partial charge in [-0.2, -0.15) is 0 Å². The molecule has 0 aromatic rings. The zero-order valence-corrected chi connectivity index (χ0v) is 6.10. The summed E-state index contributed by atoms with van der Waals surface area (Å²) < 4.78 is 0. The van der Waals surface area contributed by atoms with Crippen molar-refractivity contribution in [2.45, 2.75) is 6.42 Å². The van der Waals surface area contributed by atoms with Gasteiger partial charge in [-0.3, -0.25) is 0 Å². The lowest BCUT2D eigenvalue weighted by Crippen LogP contribution is -2.42. The molecule has 0 spiro atoms. The number of rotatable bonds is 0. The number of carbonyl (C=O) groups is 1. The fourth-order valence-electron chi connectivity index (χ4n) is 1.60. The molecule has 1 saturated heterocycles. The maximum Gasteiger partial charge on any atom is 0.426 e. The second-order valence-electron chi connectivity index (χ2n) is 2.93. The molecule has 0 aromatic heterocycles. The lowest BCUT2D eigenvalue weighted by Gasteiger charge is -2.28. The highest BCUT2D eigenvalue weighted by atomic mass is 16.4. The van der Waals surface area contributed by atoms with Gasteiger partial charge in [0.25, 0.3) is 0 Å². The van der Waals surface area contributed by atoms with E-state index in [-0.39, 0.29) is 0 Å². The molecular formula is C7H10N2O2. The van der Waals surface area contributed by atoms with Crippen LogP contribution >= 0.6 is 0 Å². The molecule has 11 heavy (non-hydrogen) atoms. The number of hydrazine groups is 1. The lowest BCUT2D eigenvalue weighted by molar-refractivity contribution is 0.0411. The van der Waals surface area contributed by atoms with Gasteiger partial charge >= 0.3 is 6.09 Å². The van der Waals surface area contributed by atoms with Crippen LogP contribution in [0, 0.1) is 5.92 Å². The van der Waals surface area contributed by atoms with Gasteiger partial charge in [-0.15, -0.1) is 0 Å². The third kappa shape index (κ3) is 0.991. The minimum atomic E-state index is -0.887. The SMILES string of the molecule is O=C(O)N1C=CC2CCN1C2. The minimum absolute atomic E-state index is 0.575. The van der Waals surface area contributed by atoms with E-state index < -0.39 is 6.09 Å². The zero-order chi connectivity index (χ0) is 7.84. The molecule has 1 amide bonds. The number of carboxylic acid groups (broad SMARTS) is 1. The molecule has 2 heterocycles. The van der Waals surface area contributed by atoms with Crippen molar-refractivity contribution < 1.29 is 9.90 Å². The fraction of sp³-hybridized carbons (Fsp3) is 0.571. The Morgan fingerprint density at radius 1 is 1.64 bits per heavy atom. The van der Waals surface area contributed by atoms with Crippen molar-refractivity contribution in [1.82, 2.24) is 10.0 Å². The van der Waals surface area contributed by atoms with Crippen LogP contribution < -0.4 is 0 Å². The molecule has 2 rings (SSSR count). The number of hydrogen-bond donors (Lipinski definition) is 1. The lowest BCUT2D eigenvalue weighted by atomic mass is 10.1. The molecular weight excluding hydrogens is 144 g/mol. The molecule has 60 valence electrons. The first-order valence-electron chi connectivity index (χ1n) is 3.73. The fourth-order valence-corrected chi connectivity index (χ4v) is 1.60. The van der Waals surface area contributed by atoms with Gasteiger partial charge < -0.3 is 5.11 Å². The summed E-state index contributed by atoms with van der Waals surface area (Å²) in [5, 5.41) is 11.8. The van der Waals surface area contributed by atoms with Crippen molar-refractivity contribution in [3.63, 3.8) is 0 Å². The monoisotopic (exact) mass is 154 g/mol. The summed E-state index contributed by atoms with van der Waals surface area (Å²) in [6.07, 6.45) is 3.81. The molecule has 2 unspecified atom stereocenters. The molecule has 4 heteroatoms. The van der Waals surface area contributed by atoms with Crippen molar-refractivity contribution in [3.8, 4) is 0 Å².